The number of hydrogen-bond donors (Lipinski definition) is 1. The SMILES string of the molecule is CCC(c1ccc(F)cc1)N(CC(=O)O)C(C)(C)C. The molecule has 0 amide bonds. The summed E-state index contributed by atoms with van der Waals surface area (Å²) in [5, 5.41) is 9.08. The van der Waals surface area contributed by atoms with Gasteiger partial charge < -0.3 is 5.11 Å². The number of rotatable bonds is 5. The molecule has 0 saturated heterocycles. The van der Waals surface area contributed by atoms with Gasteiger partial charge in [0.1, 0.15) is 5.82 Å². The van der Waals surface area contributed by atoms with Crippen LogP contribution in [0.25, 0.3) is 0 Å². The standard InChI is InChI=1S/C15H22FNO2/c1-5-13(11-6-8-12(16)9-7-11)17(10-14(18)19)15(2,3)4/h6-9,13H,5,10H2,1-4H3,(H,18,19). The molecule has 0 aromatic heterocycles. The topological polar surface area (TPSA) is 40.5 Å². The first kappa shape index (κ1) is 15.6. The zero-order valence-corrected chi connectivity index (χ0v) is 12.0. The van der Waals surface area contributed by atoms with Gasteiger partial charge in [0.25, 0.3) is 0 Å². The Labute approximate surface area is 114 Å². The second-order valence-corrected chi connectivity index (χ2v) is 5.67. The van der Waals surface area contributed by atoms with E-state index in [1.807, 2.05) is 32.6 Å². The number of aliphatic carboxylic acids is 1. The first-order valence-corrected chi connectivity index (χ1v) is 6.49. The van der Waals surface area contributed by atoms with Crippen LogP contribution in [0.3, 0.4) is 0 Å². The maximum absolute atomic E-state index is 13.0. The molecule has 106 valence electrons. The van der Waals surface area contributed by atoms with Crippen molar-refractivity contribution in [3.63, 3.8) is 0 Å². The zero-order valence-electron chi connectivity index (χ0n) is 12.0. The maximum atomic E-state index is 13.0. The van der Waals surface area contributed by atoms with Gasteiger partial charge in [-0.05, 0) is 44.9 Å². The molecule has 0 saturated carbocycles. The van der Waals surface area contributed by atoms with Crippen molar-refractivity contribution >= 4 is 5.97 Å². The van der Waals surface area contributed by atoms with E-state index in [1.165, 1.54) is 12.1 Å². The molecule has 1 N–H and O–H groups in total. The number of carboxylic acid groups (broad SMARTS) is 1. The number of halogens is 1. The number of carboxylic acids is 1. The summed E-state index contributed by atoms with van der Waals surface area (Å²) in [7, 11) is 0. The number of hydrogen-bond acceptors (Lipinski definition) is 2. The molecule has 1 atom stereocenters. The molecular formula is C15H22FNO2. The molecule has 0 bridgehead atoms. The summed E-state index contributed by atoms with van der Waals surface area (Å²) >= 11 is 0. The summed E-state index contributed by atoms with van der Waals surface area (Å²) in [6.45, 7) is 7.94. The lowest BCUT2D eigenvalue weighted by Gasteiger charge is -2.40. The van der Waals surface area contributed by atoms with E-state index in [1.54, 1.807) is 12.1 Å². The van der Waals surface area contributed by atoms with Gasteiger partial charge in [0.05, 0.1) is 6.54 Å². The fourth-order valence-corrected chi connectivity index (χ4v) is 2.28. The Hall–Kier alpha value is -1.42. The van der Waals surface area contributed by atoms with E-state index in [0.29, 0.717) is 0 Å². The van der Waals surface area contributed by atoms with Crippen LogP contribution in [0, 0.1) is 5.82 Å². The van der Waals surface area contributed by atoms with E-state index in [-0.39, 0.29) is 23.9 Å². The van der Waals surface area contributed by atoms with Crippen molar-refractivity contribution in [2.24, 2.45) is 0 Å². The number of carbonyl (C=O) groups is 1. The Balaban J connectivity index is 3.09. The molecule has 0 aliphatic heterocycles. The Morgan fingerprint density at radius 1 is 1.32 bits per heavy atom. The summed E-state index contributed by atoms with van der Waals surface area (Å²) in [6.07, 6.45) is 0.774. The summed E-state index contributed by atoms with van der Waals surface area (Å²) in [5.41, 5.74) is 0.674. The maximum Gasteiger partial charge on any atom is 0.317 e. The molecule has 1 aromatic carbocycles. The molecule has 0 radical (unpaired) electrons. The molecule has 3 nitrogen and oxygen atoms in total. The third-order valence-electron chi connectivity index (χ3n) is 3.18. The van der Waals surface area contributed by atoms with Crippen molar-refractivity contribution in [2.75, 3.05) is 6.54 Å². The first-order chi connectivity index (χ1) is 8.75. The third kappa shape index (κ3) is 4.31. The molecule has 19 heavy (non-hydrogen) atoms. The normalized spacial score (nSPS) is 13.6. The van der Waals surface area contributed by atoms with Crippen LogP contribution in [-0.4, -0.2) is 28.1 Å². The Morgan fingerprint density at radius 2 is 1.84 bits per heavy atom. The van der Waals surface area contributed by atoms with Crippen LogP contribution in [0.4, 0.5) is 4.39 Å². The van der Waals surface area contributed by atoms with E-state index in [0.717, 1.165) is 12.0 Å². The van der Waals surface area contributed by atoms with Gasteiger partial charge in [-0.2, -0.15) is 0 Å². The van der Waals surface area contributed by atoms with Crippen molar-refractivity contribution in [3.05, 3.63) is 35.6 Å². The van der Waals surface area contributed by atoms with Crippen molar-refractivity contribution in [3.8, 4) is 0 Å². The smallest absolute Gasteiger partial charge is 0.317 e. The molecule has 0 aliphatic carbocycles. The minimum absolute atomic E-state index is 0.0284. The van der Waals surface area contributed by atoms with Crippen LogP contribution < -0.4 is 0 Å². The average molecular weight is 267 g/mol. The van der Waals surface area contributed by atoms with E-state index in [4.69, 9.17) is 5.11 Å². The van der Waals surface area contributed by atoms with Crippen LogP contribution in [0.15, 0.2) is 24.3 Å². The molecular weight excluding hydrogens is 245 g/mol. The highest BCUT2D eigenvalue weighted by Crippen LogP contribution is 2.30. The minimum atomic E-state index is -0.851. The first-order valence-electron chi connectivity index (χ1n) is 6.49. The molecule has 0 heterocycles. The second-order valence-electron chi connectivity index (χ2n) is 5.67. The predicted octanol–water partition coefficient (Wildman–Crippen LogP) is 3.46. The highest BCUT2D eigenvalue weighted by atomic mass is 19.1. The summed E-state index contributed by atoms with van der Waals surface area (Å²) in [4.78, 5) is 13.0. The molecule has 4 heteroatoms. The van der Waals surface area contributed by atoms with Crippen molar-refractivity contribution in [2.45, 2.75) is 45.7 Å². The van der Waals surface area contributed by atoms with Gasteiger partial charge in [0.15, 0.2) is 0 Å². The van der Waals surface area contributed by atoms with Crippen molar-refractivity contribution in [1.82, 2.24) is 4.90 Å². The minimum Gasteiger partial charge on any atom is -0.480 e. The van der Waals surface area contributed by atoms with Gasteiger partial charge in [-0.25, -0.2) is 4.39 Å². The molecule has 1 unspecified atom stereocenters. The lowest BCUT2D eigenvalue weighted by molar-refractivity contribution is -0.140. The lowest BCUT2D eigenvalue weighted by atomic mass is 9.96. The summed E-state index contributed by atoms with van der Waals surface area (Å²) < 4.78 is 13.0. The highest BCUT2D eigenvalue weighted by molar-refractivity contribution is 5.69. The van der Waals surface area contributed by atoms with Crippen LogP contribution in [-0.2, 0) is 4.79 Å². The number of benzene rings is 1. The molecule has 0 aliphatic rings. The van der Waals surface area contributed by atoms with Crippen LogP contribution >= 0.6 is 0 Å². The van der Waals surface area contributed by atoms with Crippen molar-refractivity contribution < 1.29 is 14.3 Å². The average Bonchev–Trinajstić information content (AvgIpc) is 2.29. The largest absolute Gasteiger partial charge is 0.480 e. The van der Waals surface area contributed by atoms with Crippen molar-refractivity contribution in [1.29, 1.82) is 0 Å². The van der Waals surface area contributed by atoms with E-state index >= 15 is 0 Å². The number of nitrogens with zero attached hydrogens (tertiary/aromatic N) is 1. The quantitative estimate of drug-likeness (QED) is 0.888. The molecule has 0 spiro atoms. The van der Waals surface area contributed by atoms with E-state index in [9.17, 15) is 9.18 Å². The molecule has 1 aromatic rings. The lowest BCUT2D eigenvalue weighted by Crippen LogP contribution is -2.46. The van der Waals surface area contributed by atoms with Crippen LogP contribution in [0.1, 0.15) is 45.7 Å². The zero-order chi connectivity index (χ0) is 14.6. The van der Waals surface area contributed by atoms with Crippen LogP contribution in [0.2, 0.25) is 0 Å². The van der Waals surface area contributed by atoms with E-state index in [2.05, 4.69) is 0 Å². The Kier molecular flexibility index (Phi) is 5.06. The van der Waals surface area contributed by atoms with Gasteiger partial charge >= 0.3 is 5.97 Å². The molecule has 0 fully saturated rings. The predicted molar refractivity (Wildman–Crippen MR) is 73.5 cm³/mol. The highest BCUT2D eigenvalue weighted by Gasteiger charge is 2.30. The molecule has 1 rings (SSSR count). The second kappa shape index (κ2) is 6.15. The van der Waals surface area contributed by atoms with Gasteiger partial charge in [-0.15, -0.1) is 0 Å². The third-order valence-corrected chi connectivity index (χ3v) is 3.18. The van der Waals surface area contributed by atoms with Crippen LogP contribution in [0.5, 0.6) is 0 Å². The Morgan fingerprint density at radius 3 is 2.21 bits per heavy atom. The monoisotopic (exact) mass is 267 g/mol. The van der Waals surface area contributed by atoms with Gasteiger partial charge in [0.2, 0.25) is 0 Å². The fraction of sp³-hybridized carbons (Fsp3) is 0.533. The van der Waals surface area contributed by atoms with E-state index < -0.39 is 5.97 Å². The Bertz CT molecular complexity index is 423. The summed E-state index contributed by atoms with van der Waals surface area (Å²) in [6, 6.07) is 6.25. The summed E-state index contributed by atoms with van der Waals surface area (Å²) in [5.74, 6) is -1.13. The van der Waals surface area contributed by atoms with Gasteiger partial charge in [0, 0.05) is 11.6 Å². The van der Waals surface area contributed by atoms with Gasteiger partial charge in [-0.3, -0.25) is 9.69 Å². The fourth-order valence-electron chi connectivity index (χ4n) is 2.28. The van der Waals surface area contributed by atoms with Gasteiger partial charge in [-0.1, -0.05) is 19.1 Å².